The highest BCUT2D eigenvalue weighted by molar-refractivity contribution is 6.07. The molecule has 3 aromatic rings. The number of hydrogen-bond acceptors (Lipinski definition) is 3. The number of aryl methyl sites for hydroxylation is 1. The molecule has 0 aliphatic rings. The van der Waals surface area contributed by atoms with Crippen molar-refractivity contribution in [2.75, 3.05) is 5.32 Å². The van der Waals surface area contributed by atoms with Crippen molar-refractivity contribution in [3.05, 3.63) is 53.9 Å². The maximum absolute atomic E-state index is 11.7. The number of benzene rings is 1. The Morgan fingerprint density at radius 3 is 2.90 bits per heavy atom. The Kier molecular flexibility index (Phi) is 3.31. The van der Waals surface area contributed by atoms with Gasteiger partial charge in [0.05, 0.1) is 11.3 Å². The van der Waals surface area contributed by atoms with Crippen molar-refractivity contribution in [3.8, 4) is 0 Å². The van der Waals surface area contributed by atoms with E-state index < -0.39 is 5.91 Å². The predicted molar refractivity (Wildman–Crippen MR) is 83.7 cm³/mol. The molecule has 5 nitrogen and oxygen atoms in total. The summed E-state index contributed by atoms with van der Waals surface area (Å²) >= 11 is 0. The van der Waals surface area contributed by atoms with Crippen LogP contribution in [0.3, 0.4) is 0 Å². The molecule has 0 saturated carbocycles. The molecule has 5 heteroatoms. The number of amides is 1. The van der Waals surface area contributed by atoms with Crippen molar-refractivity contribution in [3.63, 3.8) is 0 Å². The van der Waals surface area contributed by atoms with Crippen LogP contribution in [0.4, 0.5) is 11.4 Å². The van der Waals surface area contributed by atoms with Gasteiger partial charge in [-0.05, 0) is 24.1 Å². The zero-order chi connectivity index (χ0) is 14.8. The van der Waals surface area contributed by atoms with Crippen LogP contribution in [0, 0.1) is 0 Å². The monoisotopic (exact) mass is 280 g/mol. The SMILES string of the molecule is CCc1ccccc1Nc1c(C(N)=O)cnc2[nH]ccc12. The minimum absolute atomic E-state index is 0.382. The van der Waals surface area contributed by atoms with Gasteiger partial charge in [0.25, 0.3) is 5.91 Å². The number of carbonyl (C=O) groups excluding carboxylic acids is 1. The van der Waals surface area contributed by atoms with Crippen LogP contribution < -0.4 is 11.1 Å². The van der Waals surface area contributed by atoms with E-state index in [1.54, 1.807) is 6.20 Å². The van der Waals surface area contributed by atoms with Gasteiger partial charge >= 0.3 is 0 Å². The first kappa shape index (κ1) is 13.2. The van der Waals surface area contributed by atoms with Crippen molar-refractivity contribution in [2.24, 2.45) is 5.73 Å². The topological polar surface area (TPSA) is 83.8 Å². The lowest BCUT2D eigenvalue weighted by Gasteiger charge is -2.14. The van der Waals surface area contributed by atoms with Gasteiger partial charge in [0, 0.05) is 23.5 Å². The lowest BCUT2D eigenvalue weighted by molar-refractivity contribution is 0.100. The summed E-state index contributed by atoms with van der Waals surface area (Å²) in [5.41, 5.74) is 9.40. The van der Waals surface area contributed by atoms with Gasteiger partial charge < -0.3 is 16.0 Å². The molecule has 1 amide bonds. The van der Waals surface area contributed by atoms with E-state index in [1.165, 1.54) is 11.8 Å². The van der Waals surface area contributed by atoms with Crippen molar-refractivity contribution < 1.29 is 4.79 Å². The van der Waals surface area contributed by atoms with E-state index >= 15 is 0 Å². The first-order valence-corrected chi connectivity index (χ1v) is 6.81. The van der Waals surface area contributed by atoms with Crippen LogP contribution in [0.25, 0.3) is 11.0 Å². The fourth-order valence-corrected chi connectivity index (χ4v) is 2.41. The molecule has 4 N–H and O–H groups in total. The smallest absolute Gasteiger partial charge is 0.252 e. The number of primary amides is 1. The van der Waals surface area contributed by atoms with Gasteiger partial charge in [-0.15, -0.1) is 0 Å². The first-order valence-electron chi connectivity index (χ1n) is 6.81. The molecule has 2 aromatic heterocycles. The number of hydrogen-bond donors (Lipinski definition) is 3. The Balaban J connectivity index is 2.16. The summed E-state index contributed by atoms with van der Waals surface area (Å²) in [4.78, 5) is 18.9. The van der Waals surface area contributed by atoms with Gasteiger partial charge in [-0.1, -0.05) is 25.1 Å². The normalized spacial score (nSPS) is 10.7. The second-order valence-electron chi connectivity index (χ2n) is 4.79. The van der Waals surface area contributed by atoms with Crippen LogP contribution in [0.2, 0.25) is 0 Å². The van der Waals surface area contributed by atoms with Crippen molar-refractivity contribution in [1.29, 1.82) is 0 Å². The molecule has 0 spiro atoms. The molecule has 2 heterocycles. The summed E-state index contributed by atoms with van der Waals surface area (Å²) in [6, 6.07) is 9.88. The summed E-state index contributed by atoms with van der Waals surface area (Å²) in [6.07, 6.45) is 4.19. The number of para-hydroxylation sites is 1. The lowest BCUT2D eigenvalue weighted by atomic mass is 10.1. The summed E-state index contributed by atoms with van der Waals surface area (Å²) in [7, 11) is 0. The van der Waals surface area contributed by atoms with Crippen LogP contribution in [0.15, 0.2) is 42.7 Å². The number of nitrogens with zero attached hydrogens (tertiary/aromatic N) is 1. The fourth-order valence-electron chi connectivity index (χ4n) is 2.41. The molecule has 3 rings (SSSR count). The Labute approximate surface area is 122 Å². The van der Waals surface area contributed by atoms with Crippen LogP contribution in [0.1, 0.15) is 22.8 Å². The molecule has 0 atom stereocenters. The van der Waals surface area contributed by atoms with Crippen molar-refractivity contribution >= 4 is 28.3 Å². The zero-order valence-corrected chi connectivity index (χ0v) is 11.7. The average Bonchev–Trinajstić information content (AvgIpc) is 2.96. The van der Waals surface area contributed by atoms with Gasteiger partial charge in [0.15, 0.2) is 0 Å². The molecule has 0 unspecified atom stereocenters. The van der Waals surface area contributed by atoms with E-state index in [-0.39, 0.29) is 0 Å². The molecule has 21 heavy (non-hydrogen) atoms. The number of nitrogens with two attached hydrogens (primary N) is 1. The lowest BCUT2D eigenvalue weighted by Crippen LogP contribution is -2.14. The number of carbonyl (C=O) groups is 1. The van der Waals surface area contributed by atoms with E-state index in [0.29, 0.717) is 11.3 Å². The number of pyridine rings is 1. The van der Waals surface area contributed by atoms with E-state index in [4.69, 9.17) is 5.73 Å². The summed E-state index contributed by atoms with van der Waals surface area (Å²) in [5.74, 6) is -0.498. The largest absolute Gasteiger partial charge is 0.365 e. The van der Waals surface area contributed by atoms with Crippen molar-refractivity contribution in [2.45, 2.75) is 13.3 Å². The number of fused-ring (bicyclic) bond motifs is 1. The Morgan fingerprint density at radius 1 is 1.33 bits per heavy atom. The highest BCUT2D eigenvalue weighted by Crippen LogP contribution is 2.30. The minimum atomic E-state index is -0.498. The third-order valence-electron chi connectivity index (χ3n) is 3.51. The second kappa shape index (κ2) is 5.28. The summed E-state index contributed by atoms with van der Waals surface area (Å²) < 4.78 is 0. The number of rotatable bonds is 4. The number of anilines is 2. The Morgan fingerprint density at radius 2 is 2.14 bits per heavy atom. The van der Waals surface area contributed by atoms with E-state index in [9.17, 15) is 4.79 Å². The van der Waals surface area contributed by atoms with Gasteiger partial charge in [0.2, 0.25) is 0 Å². The molecule has 0 aliphatic carbocycles. The quantitative estimate of drug-likeness (QED) is 0.687. The Bertz CT molecular complexity index is 807. The number of nitrogens with one attached hydrogen (secondary N) is 2. The predicted octanol–water partition coefficient (Wildman–Crippen LogP) is 2.97. The summed E-state index contributed by atoms with van der Waals surface area (Å²) in [6.45, 7) is 2.09. The maximum atomic E-state index is 11.7. The number of aromatic amines is 1. The van der Waals surface area contributed by atoms with Crippen LogP contribution in [-0.4, -0.2) is 15.9 Å². The van der Waals surface area contributed by atoms with Crippen LogP contribution >= 0.6 is 0 Å². The van der Waals surface area contributed by atoms with Gasteiger partial charge in [0.1, 0.15) is 5.65 Å². The Hall–Kier alpha value is -2.82. The van der Waals surface area contributed by atoms with E-state index in [1.807, 2.05) is 24.3 Å². The molecular formula is C16H16N4O. The van der Waals surface area contributed by atoms with E-state index in [0.717, 1.165) is 23.1 Å². The minimum Gasteiger partial charge on any atom is -0.365 e. The highest BCUT2D eigenvalue weighted by atomic mass is 16.1. The number of H-pyrrole nitrogens is 1. The molecule has 0 saturated heterocycles. The van der Waals surface area contributed by atoms with Gasteiger partial charge in [-0.2, -0.15) is 0 Å². The highest BCUT2D eigenvalue weighted by Gasteiger charge is 2.14. The molecule has 0 radical (unpaired) electrons. The molecule has 1 aromatic carbocycles. The molecule has 106 valence electrons. The van der Waals surface area contributed by atoms with Gasteiger partial charge in [-0.25, -0.2) is 4.98 Å². The molecule has 0 bridgehead atoms. The molecular weight excluding hydrogens is 264 g/mol. The fraction of sp³-hybridized carbons (Fsp3) is 0.125. The number of aromatic nitrogens is 2. The molecule has 0 fully saturated rings. The average molecular weight is 280 g/mol. The van der Waals surface area contributed by atoms with Gasteiger partial charge in [-0.3, -0.25) is 4.79 Å². The van der Waals surface area contributed by atoms with Crippen molar-refractivity contribution in [1.82, 2.24) is 9.97 Å². The van der Waals surface area contributed by atoms with Crippen LogP contribution in [0.5, 0.6) is 0 Å². The maximum Gasteiger partial charge on any atom is 0.252 e. The van der Waals surface area contributed by atoms with Crippen LogP contribution in [-0.2, 0) is 6.42 Å². The standard InChI is InChI=1S/C16H16N4O/c1-2-10-5-3-4-6-13(10)20-14-11-7-8-18-16(11)19-9-12(14)15(17)21/h3-9H,2H2,1H3,(H2,17,21)(H2,18,19,20). The molecule has 0 aliphatic heterocycles. The second-order valence-corrected chi connectivity index (χ2v) is 4.79. The third kappa shape index (κ3) is 2.33. The summed E-state index contributed by atoms with van der Waals surface area (Å²) in [5, 5.41) is 4.19. The third-order valence-corrected chi connectivity index (χ3v) is 3.51. The first-order chi connectivity index (χ1) is 10.2. The van der Waals surface area contributed by atoms with E-state index in [2.05, 4.69) is 28.3 Å². The zero-order valence-electron chi connectivity index (χ0n) is 11.7.